The van der Waals surface area contributed by atoms with Crippen LogP contribution in [0.1, 0.15) is 15.9 Å². The second kappa shape index (κ2) is 6.00. The standard InChI is InChI=1S/C18H12BrClO/c19-16-9-8-14(10-17(16)20)18(21)11-13-6-3-5-12-4-1-2-7-15(12)13/h1-10H,11H2. The van der Waals surface area contributed by atoms with Crippen molar-refractivity contribution in [3.63, 3.8) is 0 Å². The van der Waals surface area contributed by atoms with E-state index in [4.69, 9.17) is 11.6 Å². The molecule has 0 N–H and O–H groups in total. The van der Waals surface area contributed by atoms with Gasteiger partial charge in [-0.15, -0.1) is 0 Å². The molecule has 0 unspecified atom stereocenters. The average molecular weight is 360 g/mol. The third-order valence-corrected chi connectivity index (χ3v) is 4.71. The molecule has 0 spiro atoms. The molecule has 0 amide bonds. The summed E-state index contributed by atoms with van der Waals surface area (Å²) < 4.78 is 0.797. The molecular formula is C18H12BrClO. The summed E-state index contributed by atoms with van der Waals surface area (Å²) in [6, 6.07) is 19.4. The molecule has 0 bridgehead atoms. The monoisotopic (exact) mass is 358 g/mol. The highest BCUT2D eigenvalue weighted by Gasteiger charge is 2.11. The summed E-state index contributed by atoms with van der Waals surface area (Å²) in [6.45, 7) is 0. The number of Topliss-reactive ketones (excluding diaryl/α,β-unsaturated/α-hetero) is 1. The van der Waals surface area contributed by atoms with E-state index in [1.807, 2.05) is 30.3 Å². The van der Waals surface area contributed by atoms with E-state index in [1.54, 1.807) is 18.2 Å². The first kappa shape index (κ1) is 14.3. The highest BCUT2D eigenvalue weighted by molar-refractivity contribution is 9.10. The molecule has 0 aliphatic rings. The molecule has 0 radical (unpaired) electrons. The Kier molecular flexibility index (Phi) is 4.09. The molecule has 0 aliphatic heterocycles. The van der Waals surface area contributed by atoms with Gasteiger partial charge in [0.15, 0.2) is 5.78 Å². The minimum Gasteiger partial charge on any atom is -0.294 e. The minimum atomic E-state index is 0.0701. The summed E-state index contributed by atoms with van der Waals surface area (Å²) >= 11 is 9.39. The zero-order valence-corrected chi connectivity index (χ0v) is 13.5. The fourth-order valence-corrected chi connectivity index (χ4v) is 2.82. The fourth-order valence-electron chi connectivity index (χ4n) is 2.39. The van der Waals surface area contributed by atoms with Crippen molar-refractivity contribution in [1.29, 1.82) is 0 Å². The van der Waals surface area contributed by atoms with Gasteiger partial charge >= 0.3 is 0 Å². The van der Waals surface area contributed by atoms with Gasteiger partial charge in [-0.1, -0.05) is 60.1 Å². The van der Waals surface area contributed by atoms with Crippen LogP contribution < -0.4 is 0 Å². The van der Waals surface area contributed by atoms with E-state index < -0.39 is 0 Å². The van der Waals surface area contributed by atoms with E-state index in [-0.39, 0.29) is 5.78 Å². The predicted molar refractivity (Wildman–Crippen MR) is 91.1 cm³/mol. The van der Waals surface area contributed by atoms with Crippen molar-refractivity contribution in [2.75, 3.05) is 0 Å². The summed E-state index contributed by atoms with van der Waals surface area (Å²) in [5, 5.41) is 2.83. The Bertz CT molecular complexity index is 821. The molecule has 3 rings (SSSR count). The molecule has 104 valence electrons. The van der Waals surface area contributed by atoms with Crippen LogP contribution in [-0.4, -0.2) is 5.78 Å². The van der Waals surface area contributed by atoms with Crippen LogP contribution in [0.25, 0.3) is 10.8 Å². The Morgan fingerprint density at radius 3 is 2.57 bits per heavy atom. The number of carbonyl (C=O) groups is 1. The topological polar surface area (TPSA) is 17.1 Å². The molecule has 0 heterocycles. The number of ketones is 1. The van der Waals surface area contributed by atoms with Gasteiger partial charge < -0.3 is 0 Å². The Morgan fingerprint density at radius 2 is 1.76 bits per heavy atom. The fraction of sp³-hybridized carbons (Fsp3) is 0.0556. The van der Waals surface area contributed by atoms with Gasteiger partial charge in [0.05, 0.1) is 5.02 Å². The molecule has 21 heavy (non-hydrogen) atoms. The van der Waals surface area contributed by atoms with Crippen LogP contribution in [0.4, 0.5) is 0 Å². The van der Waals surface area contributed by atoms with Gasteiger partial charge in [-0.3, -0.25) is 4.79 Å². The number of hydrogen-bond acceptors (Lipinski definition) is 1. The van der Waals surface area contributed by atoms with Crippen molar-refractivity contribution in [2.24, 2.45) is 0 Å². The first-order valence-corrected chi connectivity index (χ1v) is 7.77. The van der Waals surface area contributed by atoms with E-state index in [2.05, 4.69) is 28.1 Å². The Hall–Kier alpha value is -1.64. The summed E-state index contributed by atoms with van der Waals surface area (Å²) in [5.41, 5.74) is 1.67. The molecule has 0 fully saturated rings. The van der Waals surface area contributed by atoms with Crippen LogP contribution >= 0.6 is 27.5 Å². The molecule has 0 aromatic heterocycles. The van der Waals surface area contributed by atoms with Gasteiger partial charge in [0, 0.05) is 16.5 Å². The Balaban J connectivity index is 1.94. The van der Waals surface area contributed by atoms with Crippen LogP contribution in [0.3, 0.4) is 0 Å². The number of carbonyl (C=O) groups excluding carboxylic acids is 1. The molecule has 0 atom stereocenters. The number of rotatable bonds is 3. The van der Waals surface area contributed by atoms with E-state index in [9.17, 15) is 4.79 Å². The molecule has 3 aromatic carbocycles. The second-order valence-electron chi connectivity index (χ2n) is 4.87. The van der Waals surface area contributed by atoms with Gasteiger partial charge in [-0.05, 0) is 44.4 Å². The lowest BCUT2D eigenvalue weighted by Gasteiger charge is -2.07. The predicted octanol–water partition coefficient (Wildman–Crippen LogP) is 5.68. The molecule has 0 saturated heterocycles. The van der Waals surface area contributed by atoms with Crippen molar-refractivity contribution in [1.82, 2.24) is 0 Å². The maximum Gasteiger partial charge on any atom is 0.167 e. The van der Waals surface area contributed by atoms with Crippen LogP contribution in [0.15, 0.2) is 65.1 Å². The smallest absolute Gasteiger partial charge is 0.167 e. The SMILES string of the molecule is O=C(Cc1cccc2ccccc12)c1ccc(Br)c(Cl)c1. The minimum absolute atomic E-state index is 0.0701. The maximum atomic E-state index is 12.4. The van der Waals surface area contributed by atoms with E-state index in [0.29, 0.717) is 17.0 Å². The zero-order valence-electron chi connectivity index (χ0n) is 11.1. The summed E-state index contributed by atoms with van der Waals surface area (Å²) in [6.07, 6.45) is 0.374. The highest BCUT2D eigenvalue weighted by Crippen LogP contribution is 2.25. The van der Waals surface area contributed by atoms with Crippen molar-refractivity contribution in [3.05, 3.63) is 81.3 Å². The molecule has 3 aromatic rings. The first-order chi connectivity index (χ1) is 10.1. The molecule has 3 heteroatoms. The van der Waals surface area contributed by atoms with E-state index in [0.717, 1.165) is 20.8 Å². The summed E-state index contributed by atoms with van der Waals surface area (Å²) in [7, 11) is 0. The van der Waals surface area contributed by atoms with E-state index >= 15 is 0 Å². The van der Waals surface area contributed by atoms with Gasteiger partial charge in [-0.2, -0.15) is 0 Å². The van der Waals surface area contributed by atoms with Gasteiger partial charge in [0.1, 0.15) is 0 Å². The van der Waals surface area contributed by atoms with Crippen molar-refractivity contribution in [3.8, 4) is 0 Å². The Labute approximate surface area is 136 Å². The largest absolute Gasteiger partial charge is 0.294 e. The van der Waals surface area contributed by atoms with Crippen molar-refractivity contribution < 1.29 is 4.79 Å². The summed E-state index contributed by atoms with van der Waals surface area (Å²) in [5.74, 6) is 0.0701. The van der Waals surface area contributed by atoms with Crippen molar-refractivity contribution >= 4 is 44.1 Å². The Morgan fingerprint density at radius 1 is 1.00 bits per heavy atom. The number of halogens is 2. The number of benzene rings is 3. The lowest BCUT2D eigenvalue weighted by Crippen LogP contribution is -2.04. The average Bonchev–Trinajstić information content (AvgIpc) is 2.50. The van der Waals surface area contributed by atoms with E-state index in [1.165, 1.54) is 0 Å². The third-order valence-electron chi connectivity index (χ3n) is 3.47. The lowest BCUT2D eigenvalue weighted by molar-refractivity contribution is 0.0993. The highest BCUT2D eigenvalue weighted by atomic mass is 79.9. The molecule has 0 saturated carbocycles. The quantitative estimate of drug-likeness (QED) is 0.550. The molecular weight excluding hydrogens is 348 g/mol. The van der Waals surface area contributed by atoms with Crippen LogP contribution in [-0.2, 0) is 6.42 Å². The van der Waals surface area contributed by atoms with Crippen molar-refractivity contribution in [2.45, 2.75) is 6.42 Å². The number of hydrogen-bond donors (Lipinski definition) is 0. The van der Waals surface area contributed by atoms with Gasteiger partial charge in [-0.25, -0.2) is 0 Å². The number of fused-ring (bicyclic) bond motifs is 1. The van der Waals surface area contributed by atoms with Crippen LogP contribution in [0, 0.1) is 0 Å². The van der Waals surface area contributed by atoms with Gasteiger partial charge in [0.25, 0.3) is 0 Å². The molecule has 1 nitrogen and oxygen atoms in total. The molecule has 0 aliphatic carbocycles. The first-order valence-electron chi connectivity index (χ1n) is 6.60. The maximum absolute atomic E-state index is 12.4. The normalized spacial score (nSPS) is 10.8. The van der Waals surface area contributed by atoms with Gasteiger partial charge in [0.2, 0.25) is 0 Å². The summed E-state index contributed by atoms with van der Waals surface area (Å²) in [4.78, 5) is 12.4. The van der Waals surface area contributed by atoms with Crippen LogP contribution in [0.5, 0.6) is 0 Å². The third kappa shape index (κ3) is 3.02. The second-order valence-corrected chi connectivity index (χ2v) is 6.13. The van der Waals surface area contributed by atoms with Crippen LogP contribution in [0.2, 0.25) is 5.02 Å². The lowest BCUT2D eigenvalue weighted by atomic mass is 9.98. The zero-order chi connectivity index (χ0) is 14.8.